The number of rotatable bonds is 2. The van der Waals surface area contributed by atoms with Gasteiger partial charge >= 0.3 is 0 Å². The highest BCUT2D eigenvalue weighted by atomic mass is 79.9. The molecule has 0 amide bonds. The van der Waals surface area contributed by atoms with Crippen molar-refractivity contribution >= 4 is 33.3 Å². The van der Waals surface area contributed by atoms with Gasteiger partial charge in [0.15, 0.2) is 11.6 Å². The lowest BCUT2D eigenvalue weighted by Gasteiger charge is -2.07. The van der Waals surface area contributed by atoms with Gasteiger partial charge in [-0.05, 0) is 24.1 Å². The van der Waals surface area contributed by atoms with Gasteiger partial charge in [-0.25, -0.2) is 0 Å². The number of hydrogen-bond donors (Lipinski definition) is 1. The first kappa shape index (κ1) is 12.5. The molecule has 0 unspecified atom stereocenters. The minimum Gasteiger partial charge on any atom is -0.381 e. The van der Waals surface area contributed by atoms with E-state index >= 15 is 0 Å². The molecule has 0 fully saturated rings. The number of nitrogens with zero attached hydrogens (tertiary/aromatic N) is 1. The van der Waals surface area contributed by atoms with E-state index in [9.17, 15) is 0 Å². The van der Waals surface area contributed by atoms with Gasteiger partial charge in [0.25, 0.3) is 0 Å². The third kappa shape index (κ3) is 2.33. The molecule has 0 spiro atoms. The molecule has 0 atom stereocenters. The SMILES string of the molecule is CC(C)c1c(N)noc1-c1cc(Cl)ccc1Br. The minimum absolute atomic E-state index is 0.238. The van der Waals surface area contributed by atoms with Crippen molar-refractivity contribution in [3.8, 4) is 11.3 Å². The Hall–Kier alpha value is -1.000. The second kappa shape index (κ2) is 4.70. The number of hydrogen-bond acceptors (Lipinski definition) is 3. The fraction of sp³-hybridized carbons (Fsp3) is 0.250. The summed E-state index contributed by atoms with van der Waals surface area (Å²) in [4.78, 5) is 0. The number of aromatic nitrogens is 1. The summed E-state index contributed by atoms with van der Waals surface area (Å²) in [6, 6.07) is 5.52. The molecule has 3 nitrogen and oxygen atoms in total. The van der Waals surface area contributed by atoms with Crippen LogP contribution in [-0.4, -0.2) is 5.16 Å². The van der Waals surface area contributed by atoms with Gasteiger partial charge < -0.3 is 10.3 Å². The zero-order valence-electron chi connectivity index (χ0n) is 9.50. The summed E-state index contributed by atoms with van der Waals surface area (Å²) in [5.41, 5.74) is 7.59. The Morgan fingerprint density at radius 3 is 2.76 bits per heavy atom. The fourth-order valence-corrected chi connectivity index (χ4v) is 2.33. The van der Waals surface area contributed by atoms with E-state index in [1.165, 1.54) is 0 Å². The fourth-order valence-electron chi connectivity index (χ4n) is 1.73. The molecule has 0 saturated heterocycles. The van der Waals surface area contributed by atoms with Crippen LogP contribution in [0.3, 0.4) is 0 Å². The quantitative estimate of drug-likeness (QED) is 0.890. The Balaban J connectivity index is 2.64. The van der Waals surface area contributed by atoms with Gasteiger partial charge in [-0.3, -0.25) is 0 Å². The third-order valence-electron chi connectivity index (χ3n) is 2.51. The molecule has 0 aliphatic carbocycles. The Labute approximate surface area is 113 Å². The Morgan fingerprint density at radius 2 is 2.12 bits per heavy atom. The molecule has 90 valence electrons. The maximum absolute atomic E-state index is 5.99. The first-order chi connectivity index (χ1) is 8.00. The van der Waals surface area contributed by atoms with E-state index in [0.29, 0.717) is 16.6 Å². The highest BCUT2D eigenvalue weighted by Crippen LogP contribution is 2.38. The smallest absolute Gasteiger partial charge is 0.173 e. The highest BCUT2D eigenvalue weighted by molar-refractivity contribution is 9.10. The van der Waals surface area contributed by atoms with E-state index in [-0.39, 0.29) is 5.92 Å². The van der Waals surface area contributed by atoms with Crippen molar-refractivity contribution in [1.29, 1.82) is 0 Å². The standard InChI is InChI=1S/C12H12BrClN2O/c1-6(2)10-11(17-16-12(10)15)8-5-7(14)3-4-9(8)13/h3-6H,1-2H3,(H2,15,16). The monoisotopic (exact) mass is 314 g/mol. The van der Waals surface area contributed by atoms with Gasteiger partial charge in [0.1, 0.15) is 0 Å². The molecule has 17 heavy (non-hydrogen) atoms. The van der Waals surface area contributed by atoms with Crippen LogP contribution < -0.4 is 5.73 Å². The molecule has 0 aliphatic rings. The molecule has 2 rings (SSSR count). The second-order valence-electron chi connectivity index (χ2n) is 4.09. The van der Waals surface area contributed by atoms with Crippen LogP contribution in [0.5, 0.6) is 0 Å². The molecule has 2 aromatic rings. The number of halogens is 2. The van der Waals surface area contributed by atoms with Crippen LogP contribution in [0.2, 0.25) is 5.02 Å². The lowest BCUT2D eigenvalue weighted by atomic mass is 9.99. The van der Waals surface area contributed by atoms with Crippen molar-refractivity contribution < 1.29 is 4.52 Å². The summed E-state index contributed by atoms with van der Waals surface area (Å²) in [6.07, 6.45) is 0. The summed E-state index contributed by atoms with van der Waals surface area (Å²) < 4.78 is 6.22. The van der Waals surface area contributed by atoms with Crippen molar-refractivity contribution in [2.24, 2.45) is 0 Å². The lowest BCUT2D eigenvalue weighted by Crippen LogP contribution is -1.95. The molecule has 0 aliphatic heterocycles. The Kier molecular flexibility index (Phi) is 3.45. The van der Waals surface area contributed by atoms with Crippen LogP contribution in [0.25, 0.3) is 11.3 Å². The number of anilines is 1. The zero-order chi connectivity index (χ0) is 12.6. The molecule has 0 bridgehead atoms. The van der Waals surface area contributed by atoms with Crippen LogP contribution >= 0.6 is 27.5 Å². The number of benzene rings is 1. The zero-order valence-corrected chi connectivity index (χ0v) is 11.8. The topological polar surface area (TPSA) is 52.0 Å². The van der Waals surface area contributed by atoms with E-state index in [0.717, 1.165) is 15.6 Å². The molecule has 0 radical (unpaired) electrons. The maximum Gasteiger partial charge on any atom is 0.173 e. The van der Waals surface area contributed by atoms with Crippen LogP contribution in [0.15, 0.2) is 27.2 Å². The summed E-state index contributed by atoms with van der Waals surface area (Å²) >= 11 is 9.46. The molecular weight excluding hydrogens is 304 g/mol. The van der Waals surface area contributed by atoms with E-state index in [4.69, 9.17) is 21.9 Å². The molecule has 0 saturated carbocycles. The second-order valence-corrected chi connectivity index (χ2v) is 5.38. The number of nitrogen functional groups attached to an aromatic ring is 1. The maximum atomic E-state index is 5.99. The van der Waals surface area contributed by atoms with Gasteiger partial charge in [0.2, 0.25) is 0 Å². The van der Waals surface area contributed by atoms with Gasteiger partial charge in [0, 0.05) is 20.6 Å². The van der Waals surface area contributed by atoms with E-state index in [1.54, 1.807) is 0 Å². The van der Waals surface area contributed by atoms with Gasteiger partial charge in [-0.1, -0.05) is 46.5 Å². The predicted octanol–water partition coefficient (Wildman–Crippen LogP) is 4.46. The third-order valence-corrected chi connectivity index (χ3v) is 3.43. The number of nitrogens with two attached hydrogens (primary N) is 1. The van der Waals surface area contributed by atoms with Crippen molar-refractivity contribution in [1.82, 2.24) is 5.16 Å². The molecule has 1 aromatic carbocycles. The van der Waals surface area contributed by atoms with Crippen molar-refractivity contribution in [2.45, 2.75) is 19.8 Å². The molecule has 1 heterocycles. The minimum atomic E-state index is 0.238. The van der Waals surface area contributed by atoms with Crippen LogP contribution in [0.1, 0.15) is 25.3 Å². The van der Waals surface area contributed by atoms with Crippen LogP contribution in [0, 0.1) is 0 Å². The summed E-state index contributed by atoms with van der Waals surface area (Å²) in [5, 5.41) is 4.47. The Morgan fingerprint density at radius 1 is 1.41 bits per heavy atom. The van der Waals surface area contributed by atoms with E-state index < -0.39 is 0 Å². The van der Waals surface area contributed by atoms with E-state index in [2.05, 4.69) is 21.1 Å². The molecule has 2 N–H and O–H groups in total. The normalized spacial score (nSPS) is 11.1. The first-order valence-corrected chi connectivity index (χ1v) is 6.38. The Bertz CT molecular complexity index is 551. The first-order valence-electron chi connectivity index (χ1n) is 5.21. The van der Waals surface area contributed by atoms with Crippen molar-refractivity contribution in [3.05, 3.63) is 33.3 Å². The predicted molar refractivity (Wildman–Crippen MR) is 73.2 cm³/mol. The van der Waals surface area contributed by atoms with Gasteiger partial charge in [0.05, 0.1) is 0 Å². The summed E-state index contributed by atoms with van der Waals surface area (Å²) in [6.45, 7) is 4.09. The average molecular weight is 316 g/mol. The van der Waals surface area contributed by atoms with Gasteiger partial charge in [-0.2, -0.15) is 0 Å². The average Bonchev–Trinajstić information content (AvgIpc) is 2.64. The van der Waals surface area contributed by atoms with E-state index in [1.807, 2.05) is 32.0 Å². The summed E-state index contributed by atoms with van der Waals surface area (Å²) in [7, 11) is 0. The van der Waals surface area contributed by atoms with Gasteiger partial charge in [-0.15, -0.1) is 0 Å². The van der Waals surface area contributed by atoms with Crippen LogP contribution in [0.4, 0.5) is 5.82 Å². The summed E-state index contributed by atoms with van der Waals surface area (Å²) in [5.74, 6) is 1.34. The molecule has 5 heteroatoms. The highest BCUT2D eigenvalue weighted by Gasteiger charge is 2.20. The van der Waals surface area contributed by atoms with Crippen molar-refractivity contribution in [2.75, 3.05) is 5.73 Å². The lowest BCUT2D eigenvalue weighted by molar-refractivity contribution is 0.434. The largest absolute Gasteiger partial charge is 0.381 e. The van der Waals surface area contributed by atoms with Crippen molar-refractivity contribution in [3.63, 3.8) is 0 Å². The molecular formula is C12H12BrClN2O. The molecule has 1 aromatic heterocycles. The van der Waals surface area contributed by atoms with Crippen LogP contribution in [-0.2, 0) is 0 Å².